The Morgan fingerprint density at radius 3 is 2.36 bits per heavy atom. The van der Waals surface area contributed by atoms with Gasteiger partial charge < -0.3 is 5.32 Å². The van der Waals surface area contributed by atoms with E-state index >= 15 is 0 Å². The number of carbonyl (C=O) groups is 1. The number of carbonyl (C=O) groups excluding carboxylic acids is 1. The van der Waals surface area contributed by atoms with Crippen LogP contribution < -0.4 is 10.0 Å². The van der Waals surface area contributed by atoms with Gasteiger partial charge in [-0.3, -0.25) is 9.52 Å². The van der Waals surface area contributed by atoms with Gasteiger partial charge in [-0.1, -0.05) is 45.7 Å². The monoisotopic (exact) mass is 478 g/mol. The van der Waals surface area contributed by atoms with Crippen LogP contribution >= 0.6 is 27.5 Å². The lowest BCUT2D eigenvalue weighted by Crippen LogP contribution is -2.16. The van der Waals surface area contributed by atoms with E-state index in [9.17, 15) is 13.2 Å². The van der Waals surface area contributed by atoms with Crippen molar-refractivity contribution in [2.45, 2.75) is 11.8 Å². The lowest BCUT2D eigenvalue weighted by Gasteiger charge is -2.12. The fourth-order valence-electron chi connectivity index (χ4n) is 2.49. The van der Waals surface area contributed by atoms with Gasteiger partial charge >= 0.3 is 0 Å². The third-order valence-electron chi connectivity index (χ3n) is 3.92. The number of halogens is 2. The lowest BCUT2D eigenvalue weighted by molar-refractivity contribution is 0.102. The summed E-state index contributed by atoms with van der Waals surface area (Å²) in [5.41, 5.74) is 2.15. The van der Waals surface area contributed by atoms with Gasteiger partial charge in [0.05, 0.1) is 5.02 Å². The van der Waals surface area contributed by atoms with E-state index in [-0.39, 0.29) is 15.5 Å². The van der Waals surface area contributed by atoms with Crippen molar-refractivity contribution in [2.24, 2.45) is 0 Å². The Kier molecular flexibility index (Phi) is 6.07. The number of anilines is 2. The molecule has 3 rings (SSSR count). The molecule has 3 aromatic carbocycles. The second kappa shape index (κ2) is 8.34. The van der Waals surface area contributed by atoms with Gasteiger partial charge in [-0.05, 0) is 61.0 Å². The van der Waals surface area contributed by atoms with Crippen molar-refractivity contribution in [1.82, 2.24) is 0 Å². The maximum Gasteiger partial charge on any atom is 0.263 e. The molecule has 0 aliphatic carbocycles. The van der Waals surface area contributed by atoms with Crippen LogP contribution in [-0.2, 0) is 10.0 Å². The molecule has 5 nitrogen and oxygen atoms in total. The van der Waals surface area contributed by atoms with E-state index in [0.29, 0.717) is 11.4 Å². The number of aryl methyl sites for hydroxylation is 1. The van der Waals surface area contributed by atoms with E-state index in [1.807, 2.05) is 19.1 Å². The molecule has 1 amide bonds. The molecule has 8 heteroatoms. The van der Waals surface area contributed by atoms with Crippen LogP contribution in [0.1, 0.15) is 15.9 Å². The highest BCUT2D eigenvalue weighted by Crippen LogP contribution is 2.26. The summed E-state index contributed by atoms with van der Waals surface area (Å²) < 4.78 is 28.8. The van der Waals surface area contributed by atoms with Crippen molar-refractivity contribution >= 4 is 54.8 Å². The van der Waals surface area contributed by atoms with Crippen LogP contribution in [-0.4, -0.2) is 14.3 Å². The summed E-state index contributed by atoms with van der Waals surface area (Å²) in [7, 11) is -3.95. The van der Waals surface area contributed by atoms with Crippen LogP contribution in [0.15, 0.2) is 76.1 Å². The molecule has 0 fully saturated rings. The highest BCUT2D eigenvalue weighted by atomic mass is 79.9. The molecule has 2 N–H and O–H groups in total. The Hall–Kier alpha value is -2.35. The molecule has 0 bridgehead atoms. The van der Waals surface area contributed by atoms with Gasteiger partial charge in [0.25, 0.3) is 15.9 Å². The van der Waals surface area contributed by atoms with Gasteiger partial charge in [0.2, 0.25) is 0 Å². The van der Waals surface area contributed by atoms with Gasteiger partial charge in [-0.2, -0.15) is 0 Å². The Labute approximate surface area is 176 Å². The molecule has 3 aromatic rings. The molecular formula is C20H16BrClN2O3S. The van der Waals surface area contributed by atoms with Crippen molar-refractivity contribution in [2.75, 3.05) is 10.0 Å². The standard InChI is InChI=1S/C20H16BrClN2O3S/c1-13-11-16(8-9-17(13)21)23-20(25)14-7-10-18(22)19(12-14)28(26,27)24-15-5-3-2-4-6-15/h2-12,24H,1H3,(H,23,25). The molecular weight excluding hydrogens is 464 g/mol. The molecule has 0 radical (unpaired) electrons. The molecule has 0 aromatic heterocycles. The van der Waals surface area contributed by atoms with Gasteiger partial charge in [-0.15, -0.1) is 0 Å². The van der Waals surface area contributed by atoms with Crippen LogP contribution in [0.5, 0.6) is 0 Å². The quantitative estimate of drug-likeness (QED) is 0.510. The third-order valence-corrected chi connectivity index (χ3v) is 6.68. The number of hydrogen-bond acceptors (Lipinski definition) is 3. The van der Waals surface area contributed by atoms with E-state index in [1.54, 1.807) is 36.4 Å². The first-order chi connectivity index (χ1) is 13.3. The first kappa shape index (κ1) is 20.4. The number of nitrogens with one attached hydrogen (secondary N) is 2. The van der Waals surface area contributed by atoms with Crippen LogP contribution in [0.2, 0.25) is 5.02 Å². The molecule has 0 aliphatic rings. The van der Waals surface area contributed by atoms with E-state index in [4.69, 9.17) is 11.6 Å². The van der Waals surface area contributed by atoms with Gasteiger partial charge in [-0.25, -0.2) is 8.42 Å². The molecule has 0 atom stereocenters. The average Bonchev–Trinajstić information content (AvgIpc) is 2.65. The number of para-hydroxylation sites is 1. The van der Waals surface area contributed by atoms with E-state index in [0.717, 1.165) is 10.0 Å². The second-order valence-electron chi connectivity index (χ2n) is 6.03. The van der Waals surface area contributed by atoms with Gasteiger partial charge in [0.1, 0.15) is 4.90 Å². The Bertz CT molecular complexity index is 1140. The molecule has 0 aliphatic heterocycles. The lowest BCUT2D eigenvalue weighted by atomic mass is 10.2. The SMILES string of the molecule is Cc1cc(NC(=O)c2ccc(Cl)c(S(=O)(=O)Nc3ccccc3)c2)ccc1Br. The Balaban J connectivity index is 1.88. The molecule has 144 valence electrons. The number of benzene rings is 3. The summed E-state index contributed by atoms with van der Waals surface area (Å²) in [4.78, 5) is 12.4. The summed E-state index contributed by atoms with van der Waals surface area (Å²) in [6.45, 7) is 1.90. The predicted molar refractivity (Wildman–Crippen MR) is 116 cm³/mol. The molecule has 0 unspecified atom stereocenters. The first-order valence-electron chi connectivity index (χ1n) is 8.21. The van der Waals surface area contributed by atoms with Crippen LogP contribution in [0.4, 0.5) is 11.4 Å². The number of rotatable bonds is 5. The second-order valence-corrected chi connectivity index (χ2v) is 8.95. The van der Waals surface area contributed by atoms with Crippen LogP contribution in [0.25, 0.3) is 0 Å². The maximum atomic E-state index is 12.7. The zero-order valence-electron chi connectivity index (χ0n) is 14.7. The summed E-state index contributed by atoms with van der Waals surface area (Å²) in [5.74, 6) is -0.436. The minimum Gasteiger partial charge on any atom is -0.322 e. The summed E-state index contributed by atoms with van der Waals surface area (Å²) >= 11 is 9.50. The zero-order chi connectivity index (χ0) is 20.3. The number of amides is 1. The van der Waals surface area contributed by atoms with Gasteiger partial charge in [0.15, 0.2) is 0 Å². The van der Waals surface area contributed by atoms with Crippen molar-refractivity contribution in [3.8, 4) is 0 Å². The minimum atomic E-state index is -3.95. The topological polar surface area (TPSA) is 75.3 Å². The van der Waals surface area contributed by atoms with E-state index in [1.165, 1.54) is 18.2 Å². The number of sulfonamides is 1. The molecule has 0 saturated carbocycles. The molecule has 0 saturated heterocycles. The van der Waals surface area contributed by atoms with Crippen molar-refractivity contribution in [3.63, 3.8) is 0 Å². The fourth-order valence-corrected chi connectivity index (χ4v) is 4.32. The van der Waals surface area contributed by atoms with Crippen molar-refractivity contribution in [3.05, 3.63) is 87.4 Å². The third kappa shape index (κ3) is 4.73. The van der Waals surface area contributed by atoms with E-state index < -0.39 is 15.9 Å². The predicted octanol–water partition coefficient (Wildman–Crippen LogP) is 5.46. The highest BCUT2D eigenvalue weighted by Gasteiger charge is 2.20. The summed E-state index contributed by atoms with van der Waals surface area (Å²) in [6.07, 6.45) is 0. The molecule has 0 spiro atoms. The fraction of sp³-hybridized carbons (Fsp3) is 0.0500. The van der Waals surface area contributed by atoms with E-state index in [2.05, 4.69) is 26.0 Å². The normalized spacial score (nSPS) is 11.1. The minimum absolute atomic E-state index is 0.0273. The summed E-state index contributed by atoms with van der Waals surface area (Å²) in [6, 6.07) is 18.0. The Morgan fingerprint density at radius 2 is 1.68 bits per heavy atom. The number of hydrogen-bond donors (Lipinski definition) is 2. The average molecular weight is 480 g/mol. The van der Waals surface area contributed by atoms with Crippen molar-refractivity contribution in [1.29, 1.82) is 0 Å². The molecule has 28 heavy (non-hydrogen) atoms. The van der Waals surface area contributed by atoms with Crippen LogP contribution in [0, 0.1) is 6.92 Å². The van der Waals surface area contributed by atoms with Gasteiger partial charge in [0, 0.05) is 21.4 Å². The maximum absolute atomic E-state index is 12.7. The highest BCUT2D eigenvalue weighted by molar-refractivity contribution is 9.10. The largest absolute Gasteiger partial charge is 0.322 e. The smallest absolute Gasteiger partial charge is 0.263 e. The Morgan fingerprint density at radius 1 is 0.964 bits per heavy atom. The summed E-state index contributed by atoms with van der Waals surface area (Å²) in [5, 5.41) is 2.78. The first-order valence-corrected chi connectivity index (χ1v) is 10.9. The molecule has 0 heterocycles. The van der Waals surface area contributed by atoms with Crippen molar-refractivity contribution < 1.29 is 13.2 Å². The zero-order valence-corrected chi connectivity index (χ0v) is 17.9. The van der Waals surface area contributed by atoms with Crippen LogP contribution in [0.3, 0.4) is 0 Å².